The van der Waals surface area contributed by atoms with Crippen molar-refractivity contribution in [1.29, 1.82) is 0 Å². The van der Waals surface area contributed by atoms with Crippen LogP contribution in [0.25, 0.3) is 5.69 Å². The topological polar surface area (TPSA) is 39.9 Å². The Labute approximate surface area is 82.2 Å². The van der Waals surface area contributed by atoms with Crippen LogP contribution in [0.15, 0.2) is 36.9 Å². The lowest BCUT2D eigenvalue weighted by atomic mass is 10.3. The molecule has 1 radical (unpaired) electrons. The second-order valence-electron chi connectivity index (χ2n) is 2.68. The molecule has 0 N–H and O–H groups in total. The number of hydrogen-bond donors (Lipinski definition) is 0. The number of rotatable bonds is 3. The number of hydrogen-bond acceptors (Lipinski definition) is 3. The monoisotopic (exact) mass is 188 g/mol. The van der Waals surface area contributed by atoms with Gasteiger partial charge in [0.25, 0.3) is 0 Å². The number of aromatic nitrogens is 3. The maximum absolute atomic E-state index is 5.22. The van der Waals surface area contributed by atoms with Crippen molar-refractivity contribution in [1.82, 2.24) is 14.8 Å². The summed E-state index contributed by atoms with van der Waals surface area (Å²) < 4.78 is 6.91. The van der Waals surface area contributed by atoms with Crippen molar-refractivity contribution in [2.75, 3.05) is 6.61 Å². The van der Waals surface area contributed by atoms with E-state index in [1.165, 1.54) is 6.33 Å². The Bertz CT molecular complexity index is 380. The molecule has 0 bridgehead atoms. The summed E-state index contributed by atoms with van der Waals surface area (Å²) in [5.41, 5.74) is 0.957. The highest BCUT2D eigenvalue weighted by Crippen LogP contribution is 2.13. The molecule has 0 saturated heterocycles. The molecule has 0 spiro atoms. The van der Waals surface area contributed by atoms with Crippen molar-refractivity contribution in [3.05, 3.63) is 43.8 Å². The first kappa shape index (κ1) is 8.74. The van der Waals surface area contributed by atoms with Gasteiger partial charge in [0.05, 0.1) is 12.3 Å². The maximum Gasteiger partial charge on any atom is 0.138 e. The lowest BCUT2D eigenvalue weighted by Crippen LogP contribution is -1.95. The molecule has 71 valence electrons. The highest BCUT2D eigenvalue weighted by molar-refractivity contribution is 5.36. The number of nitrogens with zero attached hydrogens (tertiary/aromatic N) is 3. The molecule has 0 aliphatic rings. The van der Waals surface area contributed by atoms with Gasteiger partial charge in [-0.3, -0.25) is 0 Å². The molecule has 0 aliphatic carbocycles. The van der Waals surface area contributed by atoms with Gasteiger partial charge in [0, 0.05) is 0 Å². The lowest BCUT2D eigenvalue weighted by molar-refractivity contribution is 0.361. The Hall–Kier alpha value is -1.84. The normalized spacial score (nSPS) is 10.1. The van der Waals surface area contributed by atoms with Crippen molar-refractivity contribution >= 4 is 0 Å². The Morgan fingerprint density at radius 3 is 2.64 bits per heavy atom. The van der Waals surface area contributed by atoms with Gasteiger partial charge in [0.2, 0.25) is 0 Å². The molecule has 2 rings (SSSR count). The van der Waals surface area contributed by atoms with Crippen LogP contribution in [-0.2, 0) is 0 Å². The second kappa shape index (κ2) is 3.91. The minimum absolute atomic E-state index is 0.433. The molecule has 0 amide bonds. The van der Waals surface area contributed by atoms with Crippen LogP contribution in [0.4, 0.5) is 0 Å². The molecule has 0 saturated carbocycles. The zero-order valence-electron chi connectivity index (χ0n) is 7.63. The molecule has 1 heterocycles. The van der Waals surface area contributed by atoms with E-state index in [0.717, 1.165) is 11.4 Å². The molecule has 0 fully saturated rings. The van der Waals surface area contributed by atoms with Crippen LogP contribution in [0.1, 0.15) is 0 Å². The zero-order valence-corrected chi connectivity index (χ0v) is 7.63. The van der Waals surface area contributed by atoms with Gasteiger partial charge >= 0.3 is 0 Å². The first-order valence-corrected chi connectivity index (χ1v) is 4.27. The van der Waals surface area contributed by atoms with Crippen molar-refractivity contribution in [2.24, 2.45) is 0 Å². The van der Waals surface area contributed by atoms with Crippen LogP contribution in [0.5, 0.6) is 5.75 Å². The van der Waals surface area contributed by atoms with E-state index in [2.05, 4.69) is 17.0 Å². The molecule has 4 nitrogen and oxygen atoms in total. The highest BCUT2D eigenvalue weighted by Gasteiger charge is 1.96. The summed E-state index contributed by atoms with van der Waals surface area (Å²) in [5, 5.41) is 4.01. The average molecular weight is 188 g/mol. The maximum atomic E-state index is 5.22. The van der Waals surface area contributed by atoms with Gasteiger partial charge in [-0.2, -0.15) is 5.10 Å². The van der Waals surface area contributed by atoms with Crippen LogP contribution in [-0.4, -0.2) is 21.4 Å². The van der Waals surface area contributed by atoms with E-state index in [9.17, 15) is 0 Å². The quantitative estimate of drug-likeness (QED) is 0.732. The van der Waals surface area contributed by atoms with Gasteiger partial charge in [-0.25, -0.2) is 9.67 Å². The summed E-state index contributed by atoms with van der Waals surface area (Å²) in [7, 11) is 0. The first-order chi connectivity index (χ1) is 6.90. The van der Waals surface area contributed by atoms with Crippen LogP contribution >= 0.6 is 0 Å². The average Bonchev–Trinajstić information content (AvgIpc) is 2.72. The lowest BCUT2D eigenvalue weighted by Gasteiger charge is -2.03. The predicted octanol–water partition coefficient (Wildman–Crippen LogP) is 1.48. The fourth-order valence-electron chi connectivity index (χ4n) is 1.15. The van der Waals surface area contributed by atoms with Gasteiger partial charge in [0.15, 0.2) is 0 Å². The third-order valence-corrected chi connectivity index (χ3v) is 1.79. The number of ether oxygens (including phenoxy) is 1. The number of benzene rings is 1. The van der Waals surface area contributed by atoms with E-state index in [4.69, 9.17) is 4.74 Å². The summed E-state index contributed by atoms with van der Waals surface area (Å²) in [4.78, 5) is 3.87. The molecule has 4 heteroatoms. The van der Waals surface area contributed by atoms with Crippen molar-refractivity contribution in [2.45, 2.75) is 0 Å². The highest BCUT2D eigenvalue weighted by atomic mass is 16.5. The predicted molar refractivity (Wildman–Crippen MR) is 52.2 cm³/mol. The molecule has 14 heavy (non-hydrogen) atoms. The van der Waals surface area contributed by atoms with Gasteiger partial charge in [-0.15, -0.1) is 0 Å². The Morgan fingerprint density at radius 2 is 2.07 bits per heavy atom. The molecule has 0 atom stereocenters. The Balaban J connectivity index is 2.22. The summed E-state index contributed by atoms with van der Waals surface area (Å²) in [6.45, 7) is 4.04. The molecule has 2 aromatic rings. The van der Waals surface area contributed by atoms with E-state index >= 15 is 0 Å². The molecular weight excluding hydrogens is 178 g/mol. The minimum atomic E-state index is 0.433. The Morgan fingerprint density at radius 1 is 1.29 bits per heavy atom. The summed E-state index contributed by atoms with van der Waals surface area (Å²) in [6, 6.07) is 7.59. The minimum Gasteiger partial charge on any atom is -0.494 e. The third kappa shape index (κ3) is 1.74. The summed E-state index contributed by atoms with van der Waals surface area (Å²) in [5.74, 6) is 0.809. The largest absolute Gasteiger partial charge is 0.494 e. The van der Waals surface area contributed by atoms with Gasteiger partial charge < -0.3 is 4.74 Å². The summed E-state index contributed by atoms with van der Waals surface area (Å²) in [6.07, 6.45) is 3.15. The summed E-state index contributed by atoms with van der Waals surface area (Å²) >= 11 is 0. The van der Waals surface area contributed by atoms with Crippen molar-refractivity contribution in [3.8, 4) is 11.4 Å². The van der Waals surface area contributed by atoms with E-state index in [0.29, 0.717) is 6.61 Å². The van der Waals surface area contributed by atoms with Crippen molar-refractivity contribution in [3.63, 3.8) is 0 Å². The van der Waals surface area contributed by atoms with Crippen LogP contribution < -0.4 is 4.74 Å². The van der Waals surface area contributed by atoms with Gasteiger partial charge in [-0.05, 0) is 31.2 Å². The van der Waals surface area contributed by atoms with E-state index < -0.39 is 0 Å². The zero-order chi connectivity index (χ0) is 9.80. The molecule has 0 aliphatic heterocycles. The van der Waals surface area contributed by atoms with Crippen molar-refractivity contribution < 1.29 is 4.74 Å². The van der Waals surface area contributed by atoms with Gasteiger partial charge in [-0.1, -0.05) is 0 Å². The first-order valence-electron chi connectivity index (χ1n) is 4.27. The van der Waals surface area contributed by atoms with E-state index in [1.807, 2.05) is 24.3 Å². The molecular formula is C10H10N3O. The second-order valence-corrected chi connectivity index (χ2v) is 2.68. The van der Waals surface area contributed by atoms with Crippen LogP contribution in [0, 0.1) is 6.92 Å². The third-order valence-electron chi connectivity index (χ3n) is 1.79. The van der Waals surface area contributed by atoms with Crippen LogP contribution in [0.2, 0.25) is 0 Å². The standard InChI is InChI=1S/C10H10N3O/c1-2-14-10-5-3-9(4-6-10)13-8-11-7-12-13/h3-8H,1-2H2. The SMILES string of the molecule is [CH2]COc1ccc(-n2cncn2)cc1. The van der Waals surface area contributed by atoms with E-state index in [-0.39, 0.29) is 0 Å². The molecule has 1 aromatic heterocycles. The molecule has 0 unspecified atom stereocenters. The van der Waals surface area contributed by atoms with Crippen LogP contribution in [0.3, 0.4) is 0 Å². The Kier molecular flexibility index (Phi) is 2.44. The van der Waals surface area contributed by atoms with Gasteiger partial charge in [0.1, 0.15) is 18.4 Å². The fraction of sp³-hybridized carbons (Fsp3) is 0.100. The smallest absolute Gasteiger partial charge is 0.138 e. The fourth-order valence-corrected chi connectivity index (χ4v) is 1.15. The molecule has 1 aromatic carbocycles. The van der Waals surface area contributed by atoms with E-state index in [1.54, 1.807) is 11.0 Å².